The molecule has 1 aromatic heterocycles. The third-order valence-corrected chi connectivity index (χ3v) is 4.32. The van der Waals surface area contributed by atoms with Crippen molar-refractivity contribution in [2.75, 3.05) is 26.9 Å². The minimum absolute atomic E-state index is 0.0805. The van der Waals surface area contributed by atoms with E-state index in [1.165, 1.54) is 0 Å². The highest BCUT2D eigenvalue weighted by Gasteiger charge is 2.31. The van der Waals surface area contributed by atoms with Crippen LogP contribution >= 0.6 is 0 Å². The van der Waals surface area contributed by atoms with Gasteiger partial charge in [-0.25, -0.2) is 9.78 Å². The van der Waals surface area contributed by atoms with Gasteiger partial charge in [0.1, 0.15) is 11.9 Å². The van der Waals surface area contributed by atoms with Gasteiger partial charge in [-0.3, -0.25) is 0 Å². The highest BCUT2D eigenvalue weighted by Crippen LogP contribution is 2.15. The number of aryl methyl sites for hydroxylation is 1. The molecule has 0 aliphatic carbocycles. The van der Waals surface area contributed by atoms with Gasteiger partial charge in [-0.05, 0) is 19.1 Å². The maximum Gasteiger partial charge on any atom is 0.317 e. The van der Waals surface area contributed by atoms with Crippen LogP contribution in [-0.4, -0.2) is 59.5 Å². The summed E-state index contributed by atoms with van der Waals surface area (Å²) in [6.45, 7) is 3.98. The van der Waals surface area contributed by atoms with Gasteiger partial charge in [0, 0.05) is 20.7 Å². The van der Waals surface area contributed by atoms with Crippen molar-refractivity contribution in [2.24, 2.45) is 7.05 Å². The number of nitrogens with zero attached hydrogens (tertiary/aromatic N) is 3. The zero-order valence-corrected chi connectivity index (χ0v) is 14.4. The van der Waals surface area contributed by atoms with E-state index in [0.717, 1.165) is 16.9 Å². The van der Waals surface area contributed by atoms with E-state index in [1.807, 2.05) is 42.8 Å². The van der Waals surface area contributed by atoms with E-state index in [0.29, 0.717) is 26.4 Å². The Morgan fingerprint density at radius 2 is 2.25 bits per heavy atom. The van der Waals surface area contributed by atoms with Gasteiger partial charge in [0.05, 0.1) is 36.8 Å². The van der Waals surface area contributed by atoms with Crippen LogP contribution in [0, 0.1) is 0 Å². The Bertz CT molecular complexity index is 715. The van der Waals surface area contributed by atoms with Crippen LogP contribution in [0.5, 0.6) is 0 Å². The average molecular weight is 332 g/mol. The van der Waals surface area contributed by atoms with Gasteiger partial charge < -0.3 is 24.3 Å². The third kappa shape index (κ3) is 3.37. The predicted octanol–water partition coefficient (Wildman–Crippen LogP) is 1.52. The fourth-order valence-electron chi connectivity index (χ4n) is 2.94. The van der Waals surface area contributed by atoms with Crippen molar-refractivity contribution in [3.63, 3.8) is 0 Å². The summed E-state index contributed by atoms with van der Waals surface area (Å²) in [7, 11) is 3.73. The summed E-state index contributed by atoms with van der Waals surface area (Å²) >= 11 is 0. The topological polar surface area (TPSA) is 68.6 Å². The number of aromatic nitrogens is 2. The first kappa shape index (κ1) is 16.7. The number of rotatable bonds is 5. The normalized spacial score (nSPS) is 20.5. The van der Waals surface area contributed by atoms with Crippen LogP contribution in [-0.2, 0) is 23.1 Å². The van der Waals surface area contributed by atoms with E-state index < -0.39 is 0 Å². The largest absolute Gasteiger partial charge is 0.376 e. The summed E-state index contributed by atoms with van der Waals surface area (Å²) in [5.41, 5.74) is 1.99. The van der Waals surface area contributed by atoms with Crippen LogP contribution < -0.4 is 5.32 Å². The van der Waals surface area contributed by atoms with Gasteiger partial charge in [-0.1, -0.05) is 12.1 Å². The predicted molar refractivity (Wildman–Crippen MR) is 90.7 cm³/mol. The molecule has 1 aromatic carbocycles. The molecule has 2 atom stereocenters. The highest BCUT2D eigenvalue weighted by molar-refractivity contribution is 5.76. The number of benzene rings is 1. The molecule has 0 unspecified atom stereocenters. The lowest BCUT2D eigenvalue weighted by atomic mass is 10.2. The molecule has 1 N–H and O–H groups in total. The average Bonchev–Trinajstić information content (AvgIpc) is 3.13. The van der Waals surface area contributed by atoms with E-state index in [4.69, 9.17) is 9.47 Å². The van der Waals surface area contributed by atoms with Gasteiger partial charge in [-0.2, -0.15) is 0 Å². The standard InChI is InChI=1S/C17H24N4O3/c1-4-24-15-11-23-10-13(15)19-17(22)20(2)9-16-18-12-7-5-6-8-14(12)21(16)3/h5-8,13,15H,4,9-11H2,1-3H3,(H,19,22)/t13-,15-/m0/s1. The third-order valence-electron chi connectivity index (χ3n) is 4.32. The quantitative estimate of drug-likeness (QED) is 0.901. The van der Waals surface area contributed by atoms with Crippen molar-refractivity contribution in [3.05, 3.63) is 30.1 Å². The highest BCUT2D eigenvalue weighted by atomic mass is 16.5. The Hall–Kier alpha value is -2.12. The van der Waals surface area contributed by atoms with Gasteiger partial charge in [-0.15, -0.1) is 0 Å². The molecule has 2 heterocycles. The number of para-hydroxylation sites is 2. The molecule has 0 spiro atoms. The number of ether oxygens (including phenoxy) is 2. The van der Waals surface area contributed by atoms with Crippen LogP contribution in [0.4, 0.5) is 4.79 Å². The van der Waals surface area contributed by atoms with E-state index in [2.05, 4.69) is 10.3 Å². The molecule has 7 heteroatoms. The summed E-state index contributed by atoms with van der Waals surface area (Å²) in [4.78, 5) is 18.7. The fraction of sp³-hybridized carbons (Fsp3) is 0.529. The molecule has 3 rings (SSSR count). The number of nitrogens with one attached hydrogen (secondary N) is 1. The number of carbonyl (C=O) groups is 1. The molecule has 1 saturated heterocycles. The lowest BCUT2D eigenvalue weighted by Gasteiger charge is -2.23. The zero-order chi connectivity index (χ0) is 17.1. The van der Waals surface area contributed by atoms with Crippen LogP contribution in [0.25, 0.3) is 11.0 Å². The maximum absolute atomic E-state index is 12.4. The lowest BCUT2D eigenvalue weighted by Crippen LogP contribution is -2.48. The second-order valence-electron chi connectivity index (χ2n) is 6.02. The molecule has 1 aliphatic heterocycles. The second-order valence-corrected chi connectivity index (χ2v) is 6.02. The molecule has 7 nitrogen and oxygen atoms in total. The monoisotopic (exact) mass is 332 g/mol. The number of carbonyl (C=O) groups excluding carboxylic acids is 1. The number of amides is 2. The molecular weight excluding hydrogens is 308 g/mol. The molecule has 1 fully saturated rings. The van der Waals surface area contributed by atoms with Crippen LogP contribution in [0.1, 0.15) is 12.7 Å². The first-order chi connectivity index (χ1) is 11.6. The van der Waals surface area contributed by atoms with E-state index in [1.54, 1.807) is 11.9 Å². The maximum atomic E-state index is 12.4. The molecule has 0 saturated carbocycles. The minimum atomic E-state index is -0.151. The lowest BCUT2D eigenvalue weighted by molar-refractivity contribution is 0.0419. The van der Waals surface area contributed by atoms with Crippen LogP contribution in [0.15, 0.2) is 24.3 Å². The van der Waals surface area contributed by atoms with Gasteiger partial charge in [0.15, 0.2) is 0 Å². The van der Waals surface area contributed by atoms with Crippen molar-refractivity contribution in [3.8, 4) is 0 Å². The molecule has 130 valence electrons. The molecule has 24 heavy (non-hydrogen) atoms. The summed E-state index contributed by atoms with van der Waals surface area (Å²) in [5.74, 6) is 0.845. The number of fused-ring (bicyclic) bond motifs is 1. The first-order valence-corrected chi connectivity index (χ1v) is 8.21. The van der Waals surface area contributed by atoms with Gasteiger partial charge >= 0.3 is 6.03 Å². The first-order valence-electron chi connectivity index (χ1n) is 8.21. The number of hydrogen-bond donors (Lipinski definition) is 1. The minimum Gasteiger partial charge on any atom is -0.376 e. The molecular formula is C17H24N4O3. The summed E-state index contributed by atoms with van der Waals surface area (Å²) in [6.07, 6.45) is -0.0805. The zero-order valence-electron chi connectivity index (χ0n) is 14.4. The number of urea groups is 1. The van der Waals surface area contributed by atoms with E-state index >= 15 is 0 Å². The molecule has 2 aromatic rings. The fourth-order valence-corrected chi connectivity index (χ4v) is 2.94. The molecule has 2 amide bonds. The van der Waals surface area contributed by atoms with Crippen molar-refractivity contribution in [1.82, 2.24) is 19.8 Å². The number of imidazole rings is 1. The molecule has 0 bridgehead atoms. The van der Waals surface area contributed by atoms with Crippen molar-refractivity contribution >= 4 is 17.1 Å². The van der Waals surface area contributed by atoms with E-state index in [9.17, 15) is 4.79 Å². The van der Waals surface area contributed by atoms with Crippen molar-refractivity contribution < 1.29 is 14.3 Å². The Labute approximate surface area is 141 Å². The Kier molecular flexibility index (Phi) is 5.01. The van der Waals surface area contributed by atoms with Crippen molar-refractivity contribution in [1.29, 1.82) is 0 Å². The van der Waals surface area contributed by atoms with Crippen molar-refractivity contribution in [2.45, 2.75) is 25.6 Å². The SMILES string of the molecule is CCO[C@H]1COC[C@@H]1NC(=O)N(C)Cc1nc2ccccc2n1C. The summed E-state index contributed by atoms with van der Waals surface area (Å²) in [5, 5.41) is 2.99. The van der Waals surface area contributed by atoms with Crippen LogP contribution in [0.3, 0.4) is 0 Å². The molecule has 0 radical (unpaired) electrons. The molecule has 1 aliphatic rings. The van der Waals surface area contributed by atoms with E-state index in [-0.39, 0.29) is 18.2 Å². The Morgan fingerprint density at radius 1 is 1.46 bits per heavy atom. The summed E-state index contributed by atoms with van der Waals surface area (Å²) in [6, 6.07) is 7.68. The summed E-state index contributed by atoms with van der Waals surface area (Å²) < 4.78 is 13.0. The van der Waals surface area contributed by atoms with Gasteiger partial charge in [0.2, 0.25) is 0 Å². The smallest absolute Gasteiger partial charge is 0.317 e. The number of hydrogen-bond acceptors (Lipinski definition) is 4. The van der Waals surface area contributed by atoms with Crippen LogP contribution in [0.2, 0.25) is 0 Å². The Balaban J connectivity index is 1.64. The van der Waals surface area contributed by atoms with Gasteiger partial charge in [0.25, 0.3) is 0 Å². The second kappa shape index (κ2) is 7.19. The Morgan fingerprint density at radius 3 is 3.00 bits per heavy atom.